The van der Waals surface area contributed by atoms with Gasteiger partial charge in [0.2, 0.25) is 0 Å². The fraction of sp³-hybridized carbons (Fsp3) is 0.538. The normalized spacial score (nSPS) is 11.5. The molecular weight excluding hydrogens is 191 g/mol. The molecular formula is C13H19FO. The summed E-state index contributed by atoms with van der Waals surface area (Å²) in [5.41, 5.74) is 2.47. The van der Waals surface area contributed by atoms with Crippen molar-refractivity contribution in [2.45, 2.75) is 33.1 Å². The van der Waals surface area contributed by atoms with Gasteiger partial charge >= 0.3 is 0 Å². The smallest absolute Gasteiger partial charge is 0.123 e. The van der Waals surface area contributed by atoms with Gasteiger partial charge in [0.1, 0.15) is 19.0 Å². The molecule has 0 unspecified atom stereocenters. The van der Waals surface area contributed by atoms with Gasteiger partial charge in [0.05, 0.1) is 0 Å². The van der Waals surface area contributed by atoms with E-state index in [1.54, 1.807) is 0 Å². The number of alkyl halides is 1. The molecule has 15 heavy (non-hydrogen) atoms. The fourth-order valence-electron chi connectivity index (χ4n) is 1.42. The van der Waals surface area contributed by atoms with Gasteiger partial charge in [0.25, 0.3) is 0 Å². The predicted octanol–water partition coefficient (Wildman–Crippen LogP) is 3.64. The Morgan fingerprint density at radius 3 is 2.40 bits per heavy atom. The summed E-state index contributed by atoms with van der Waals surface area (Å²) in [4.78, 5) is 0. The van der Waals surface area contributed by atoms with Crippen LogP contribution >= 0.6 is 0 Å². The van der Waals surface area contributed by atoms with Crippen molar-refractivity contribution in [3.8, 4) is 5.75 Å². The molecule has 2 heteroatoms. The van der Waals surface area contributed by atoms with Gasteiger partial charge in [-0.3, -0.25) is 0 Å². The molecule has 0 fully saturated rings. The van der Waals surface area contributed by atoms with Gasteiger partial charge in [0, 0.05) is 0 Å². The maximum absolute atomic E-state index is 12.0. The third-order valence-electron chi connectivity index (χ3n) is 2.26. The van der Waals surface area contributed by atoms with Gasteiger partial charge < -0.3 is 4.74 Å². The van der Waals surface area contributed by atoms with Crippen LogP contribution in [0.5, 0.6) is 5.75 Å². The van der Waals surface area contributed by atoms with Crippen molar-refractivity contribution < 1.29 is 9.13 Å². The number of ether oxygens (including phenoxy) is 1. The minimum absolute atomic E-state index is 0.0971. The molecule has 0 aliphatic rings. The standard InChI is InChI=1S/C13H19FO/c1-10-7-11(13(2,3)4)9-12(8-10)15-6-5-14/h7-9H,5-6H2,1-4H3. The summed E-state index contributed by atoms with van der Waals surface area (Å²) in [5, 5.41) is 0. The van der Waals surface area contributed by atoms with Crippen LogP contribution in [0.1, 0.15) is 31.9 Å². The van der Waals surface area contributed by atoms with Crippen LogP contribution in [0.3, 0.4) is 0 Å². The van der Waals surface area contributed by atoms with E-state index in [2.05, 4.69) is 26.8 Å². The lowest BCUT2D eigenvalue weighted by atomic mass is 9.86. The van der Waals surface area contributed by atoms with Crippen LogP contribution in [0, 0.1) is 6.92 Å². The average Bonchev–Trinajstić information content (AvgIpc) is 2.12. The van der Waals surface area contributed by atoms with Crippen molar-refractivity contribution in [2.75, 3.05) is 13.3 Å². The van der Waals surface area contributed by atoms with E-state index in [1.165, 1.54) is 5.56 Å². The Morgan fingerprint density at radius 1 is 1.20 bits per heavy atom. The summed E-state index contributed by atoms with van der Waals surface area (Å²) in [5.74, 6) is 0.762. The van der Waals surface area contributed by atoms with Crippen LogP contribution in [-0.2, 0) is 5.41 Å². The van der Waals surface area contributed by atoms with E-state index in [0.717, 1.165) is 11.3 Å². The summed E-state index contributed by atoms with van der Waals surface area (Å²) in [6.07, 6.45) is 0. The van der Waals surface area contributed by atoms with E-state index >= 15 is 0 Å². The minimum Gasteiger partial charge on any atom is -0.491 e. The van der Waals surface area contributed by atoms with Crippen LogP contribution < -0.4 is 4.74 Å². The van der Waals surface area contributed by atoms with Crippen molar-refractivity contribution in [3.63, 3.8) is 0 Å². The molecule has 1 aromatic carbocycles. The van der Waals surface area contributed by atoms with E-state index in [-0.39, 0.29) is 12.0 Å². The van der Waals surface area contributed by atoms with E-state index in [0.29, 0.717) is 0 Å². The lowest BCUT2D eigenvalue weighted by molar-refractivity contribution is 0.272. The topological polar surface area (TPSA) is 9.23 Å². The second kappa shape index (κ2) is 4.65. The lowest BCUT2D eigenvalue weighted by Gasteiger charge is -2.20. The van der Waals surface area contributed by atoms with Crippen LogP contribution in [0.25, 0.3) is 0 Å². The summed E-state index contributed by atoms with van der Waals surface area (Å²) in [6.45, 7) is 8.17. The molecule has 0 saturated carbocycles. The fourth-order valence-corrected chi connectivity index (χ4v) is 1.42. The summed E-state index contributed by atoms with van der Waals surface area (Å²) >= 11 is 0. The van der Waals surface area contributed by atoms with Crippen LogP contribution in [0.15, 0.2) is 18.2 Å². The second-order valence-corrected chi connectivity index (χ2v) is 4.82. The molecule has 1 nitrogen and oxygen atoms in total. The molecule has 1 rings (SSSR count). The molecule has 0 saturated heterocycles. The average molecular weight is 210 g/mol. The first-order valence-electron chi connectivity index (χ1n) is 5.24. The zero-order chi connectivity index (χ0) is 11.5. The van der Waals surface area contributed by atoms with Gasteiger partial charge in [0.15, 0.2) is 0 Å². The van der Waals surface area contributed by atoms with Gasteiger partial charge in [-0.05, 0) is 35.6 Å². The maximum Gasteiger partial charge on any atom is 0.123 e. The van der Waals surface area contributed by atoms with Gasteiger partial charge in [-0.1, -0.05) is 26.8 Å². The van der Waals surface area contributed by atoms with Crippen LogP contribution in [-0.4, -0.2) is 13.3 Å². The van der Waals surface area contributed by atoms with Crippen molar-refractivity contribution >= 4 is 0 Å². The van der Waals surface area contributed by atoms with Gasteiger partial charge in [-0.25, -0.2) is 4.39 Å². The van der Waals surface area contributed by atoms with Crippen LogP contribution in [0.4, 0.5) is 4.39 Å². The highest BCUT2D eigenvalue weighted by Crippen LogP contribution is 2.27. The summed E-state index contributed by atoms with van der Waals surface area (Å²) < 4.78 is 17.3. The highest BCUT2D eigenvalue weighted by molar-refractivity contribution is 5.37. The lowest BCUT2D eigenvalue weighted by Crippen LogP contribution is -2.11. The first-order valence-corrected chi connectivity index (χ1v) is 5.24. The van der Waals surface area contributed by atoms with E-state index in [9.17, 15) is 4.39 Å². The molecule has 0 atom stereocenters. The van der Waals surface area contributed by atoms with Crippen molar-refractivity contribution in [3.05, 3.63) is 29.3 Å². The molecule has 0 aliphatic heterocycles. The van der Waals surface area contributed by atoms with E-state index < -0.39 is 6.67 Å². The predicted molar refractivity (Wildman–Crippen MR) is 61.3 cm³/mol. The molecule has 0 N–H and O–H groups in total. The Kier molecular flexibility index (Phi) is 3.72. The highest BCUT2D eigenvalue weighted by Gasteiger charge is 2.14. The number of rotatable bonds is 3. The Labute approximate surface area is 91.3 Å². The van der Waals surface area contributed by atoms with Gasteiger partial charge in [-0.2, -0.15) is 0 Å². The number of hydrogen-bond donors (Lipinski definition) is 0. The number of benzene rings is 1. The quantitative estimate of drug-likeness (QED) is 0.740. The Balaban J connectivity index is 2.95. The summed E-state index contributed by atoms with van der Waals surface area (Å²) in [6, 6.07) is 6.07. The van der Waals surface area contributed by atoms with Gasteiger partial charge in [-0.15, -0.1) is 0 Å². The van der Waals surface area contributed by atoms with E-state index in [4.69, 9.17) is 4.74 Å². The number of aryl methyl sites for hydroxylation is 1. The molecule has 84 valence electrons. The van der Waals surface area contributed by atoms with Crippen molar-refractivity contribution in [1.82, 2.24) is 0 Å². The number of halogens is 1. The third-order valence-corrected chi connectivity index (χ3v) is 2.26. The SMILES string of the molecule is Cc1cc(OCCF)cc(C(C)(C)C)c1. The number of hydrogen-bond acceptors (Lipinski definition) is 1. The summed E-state index contributed by atoms with van der Waals surface area (Å²) in [7, 11) is 0. The molecule has 0 aromatic heterocycles. The third kappa shape index (κ3) is 3.54. The highest BCUT2D eigenvalue weighted by atomic mass is 19.1. The molecule has 0 aliphatic carbocycles. The minimum atomic E-state index is -0.446. The molecule has 0 spiro atoms. The molecule has 1 aromatic rings. The van der Waals surface area contributed by atoms with Crippen molar-refractivity contribution in [1.29, 1.82) is 0 Å². The van der Waals surface area contributed by atoms with Crippen LogP contribution in [0.2, 0.25) is 0 Å². The largest absolute Gasteiger partial charge is 0.491 e. The maximum atomic E-state index is 12.0. The monoisotopic (exact) mass is 210 g/mol. The molecule has 0 heterocycles. The molecule has 0 radical (unpaired) electrons. The first kappa shape index (κ1) is 12.0. The molecule has 0 amide bonds. The zero-order valence-corrected chi connectivity index (χ0v) is 9.93. The Hall–Kier alpha value is -1.05. The first-order chi connectivity index (χ1) is 6.93. The Morgan fingerprint density at radius 2 is 1.87 bits per heavy atom. The molecule has 0 bridgehead atoms. The second-order valence-electron chi connectivity index (χ2n) is 4.82. The zero-order valence-electron chi connectivity index (χ0n) is 9.93. The van der Waals surface area contributed by atoms with E-state index in [1.807, 2.05) is 19.1 Å². The van der Waals surface area contributed by atoms with Crippen molar-refractivity contribution in [2.24, 2.45) is 0 Å². The Bertz CT molecular complexity index is 326.